The van der Waals surface area contributed by atoms with E-state index < -0.39 is 0 Å². The van der Waals surface area contributed by atoms with Gasteiger partial charge in [-0.25, -0.2) is 0 Å². The smallest absolute Gasteiger partial charge is 0.174 e. The minimum atomic E-state index is 1.14. The van der Waals surface area contributed by atoms with E-state index in [1.807, 2.05) is 22.7 Å². The van der Waals surface area contributed by atoms with Crippen molar-refractivity contribution in [1.29, 1.82) is 0 Å². The van der Waals surface area contributed by atoms with Gasteiger partial charge in [-0.1, -0.05) is 40.9 Å². The van der Waals surface area contributed by atoms with Crippen LogP contribution in [-0.4, -0.2) is 6.54 Å². The van der Waals surface area contributed by atoms with Gasteiger partial charge in [-0.2, -0.15) is 4.58 Å². The number of para-hydroxylation sites is 1. The number of fused-ring (bicyclic) bond motifs is 1. The van der Waals surface area contributed by atoms with Crippen molar-refractivity contribution in [1.82, 2.24) is 4.58 Å². The summed E-state index contributed by atoms with van der Waals surface area (Å²) in [6.45, 7) is 1.14. The average Bonchev–Trinajstić information content (AvgIpc) is 2.85. The van der Waals surface area contributed by atoms with E-state index in [2.05, 4.69) is 39.6 Å². The maximum atomic E-state index is 2.42. The first kappa shape index (κ1) is 8.38. The maximum absolute atomic E-state index is 2.42. The van der Waals surface area contributed by atoms with Gasteiger partial charge in [0.2, 0.25) is 5.69 Å². The van der Waals surface area contributed by atoms with E-state index in [0.717, 1.165) is 6.54 Å². The molecule has 2 aromatic rings. The van der Waals surface area contributed by atoms with Crippen molar-refractivity contribution in [2.75, 3.05) is 6.54 Å². The Bertz CT molecular complexity index is 505. The van der Waals surface area contributed by atoms with Gasteiger partial charge in [0.15, 0.2) is 6.54 Å². The number of hydrogen-bond donors (Lipinski definition) is 0. The highest BCUT2D eigenvalue weighted by atomic mass is 32.2. The highest BCUT2D eigenvalue weighted by molar-refractivity contribution is 7.24. The molecule has 0 atom stereocenters. The highest BCUT2D eigenvalue weighted by Gasteiger charge is 2.23. The SMILES string of the molecule is c1ccc2c(c1)CC[N+]2=c1sccs1. The van der Waals surface area contributed by atoms with Crippen LogP contribution in [0.5, 0.6) is 0 Å². The van der Waals surface area contributed by atoms with E-state index >= 15 is 0 Å². The van der Waals surface area contributed by atoms with Crippen molar-refractivity contribution in [3.05, 3.63) is 44.6 Å². The Labute approximate surface area is 90.6 Å². The fourth-order valence-corrected chi connectivity index (χ4v) is 3.72. The number of benzene rings is 1. The van der Waals surface area contributed by atoms with E-state index in [0.29, 0.717) is 0 Å². The molecule has 2 heterocycles. The molecule has 0 amide bonds. The van der Waals surface area contributed by atoms with Gasteiger partial charge in [-0.3, -0.25) is 0 Å². The van der Waals surface area contributed by atoms with Crippen LogP contribution in [0.25, 0.3) is 0 Å². The van der Waals surface area contributed by atoms with Gasteiger partial charge in [0, 0.05) is 28.8 Å². The Morgan fingerprint density at radius 2 is 1.86 bits per heavy atom. The number of hydrogen-bond acceptors (Lipinski definition) is 2. The first-order valence-electron chi connectivity index (χ1n) is 4.66. The lowest BCUT2D eigenvalue weighted by molar-refractivity contribution is 0.804. The van der Waals surface area contributed by atoms with E-state index in [1.54, 1.807) is 0 Å². The average molecular weight is 220 g/mol. The summed E-state index contributed by atoms with van der Waals surface area (Å²) < 4.78 is 3.82. The van der Waals surface area contributed by atoms with Crippen molar-refractivity contribution >= 4 is 28.4 Å². The molecule has 3 heteroatoms. The zero-order valence-corrected chi connectivity index (χ0v) is 9.28. The third kappa shape index (κ3) is 1.24. The summed E-state index contributed by atoms with van der Waals surface area (Å²) in [7, 11) is 0. The summed E-state index contributed by atoms with van der Waals surface area (Å²) in [5.74, 6) is 0. The zero-order chi connectivity index (χ0) is 9.38. The van der Waals surface area contributed by atoms with Crippen LogP contribution < -0.4 is 8.56 Å². The molecule has 1 aromatic carbocycles. The second-order valence-corrected chi connectivity index (χ2v) is 5.35. The van der Waals surface area contributed by atoms with Gasteiger partial charge in [0.05, 0.1) is 0 Å². The lowest BCUT2D eigenvalue weighted by Gasteiger charge is -1.91. The third-order valence-electron chi connectivity index (χ3n) is 2.50. The van der Waals surface area contributed by atoms with Crippen LogP contribution >= 0.6 is 22.7 Å². The van der Waals surface area contributed by atoms with Gasteiger partial charge in [0.25, 0.3) is 0 Å². The van der Waals surface area contributed by atoms with E-state index in [1.165, 1.54) is 21.7 Å². The normalized spacial score (nSPS) is 14.4. The van der Waals surface area contributed by atoms with Crippen LogP contribution in [0.4, 0.5) is 5.69 Å². The first-order valence-corrected chi connectivity index (χ1v) is 6.42. The molecule has 70 valence electrons. The number of rotatable bonds is 0. The Kier molecular flexibility index (Phi) is 2.00. The Balaban J connectivity index is 2.30. The Hall–Kier alpha value is -0.930. The second-order valence-electron chi connectivity index (χ2n) is 3.30. The van der Waals surface area contributed by atoms with Gasteiger partial charge < -0.3 is 0 Å². The quantitative estimate of drug-likeness (QED) is 0.600. The minimum absolute atomic E-state index is 1.14. The Morgan fingerprint density at radius 3 is 2.71 bits per heavy atom. The van der Waals surface area contributed by atoms with Crippen LogP contribution in [-0.2, 0) is 6.42 Å². The molecule has 0 saturated heterocycles. The van der Waals surface area contributed by atoms with Crippen molar-refractivity contribution in [2.24, 2.45) is 0 Å². The molecular weight excluding hydrogens is 210 g/mol. The van der Waals surface area contributed by atoms with E-state index in [4.69, 9.17) is 0 Å². The lowest BCUT2D eigenvalue weighted by atomic mass is 10.2. The lowest BCUT2D eigenvalue weighted by Crippen LogP contribution is -2.18. The largest absolute Gasteiger partial charge is 0.319 e. The standard InChI is InChI=1S/C11H10NS2/c1-2-4-10-9(3-1)5-6-12(10)11-13-7-8-14-11/h1-4,7-8H,5-6H2/q+1. The van der Waals surface area contributed by atoms with Crippen molar-refractivity contribution in [2.45, 2.75) is 6.42 Å². The Morgan fingerprint density at radius 1 is 1.07 bits per heavy atom. The third-order valence-corrected chi connectivity index (χ3v) is 4.64. The summed E-state index contributed by atoms with van der Waals surface area (Å²) in [6.07, 6.45) is 1.18. The van der Waals surface area contributed by atoms with Gasteiger partial charge >= 0.3 is 3.98 Å². The van der Waals surface area contributed by atoms with Crippen LogP contribution in [0.3, 0.4) is 0 Å². The molecule has 1 nitrogen and oxygen atoms in total. The van der Waals surface area contributed by atoms with E-state index in [9.17, 15) is 0 Å². The molecule has 1 aliphatic heterocycles. The highest BCUT2D eigenvalue weighted by Crippen LogP contribution is 2.23. The molecule has 0 spiro atoms. The van der Waals surface area contributed by atoms with Crippen LogP contribution in [0.1, 0.15) is 5.56 Å². The van der Waals surface area contributed by atoms with Crippen LogP contribution in [0, 0.1) is 0 Å². The maximum Gasteiger partial charge on any atom is 0.319 e. The second kappa shape index (κ2) is 3.33. The molecular formula is C11H10NS2+. The predicted molar refractivity (Wildman–Crippen MR) is 62.1 cm³/mol. The zero-order valence-electron chi connectivity index (χ0n) is 7.64. The molecule has 0 saturated carbocycles. The summed E-state index contributed by atoms with van der Waals surface area (Å²) in [5, 5.41) is 4.31. The van der Waals surface area contributed by atoms with Crippen LogP contribution in [0.2, 0.25) is 0 Å². The van der Waals surface area contributed by atoms with Crippen LogP contribution in [0.15, 0.2) is 35.0 Å². The summed E-state index contributed by atoms with van der Waals surface area (Å²) >= 11 is 3.66. The molecule has 0 N–H and O–H groups in total. The fourth-order valence-electron chi connectivity index (χ4n) is 1.85. The molecule has 14 heavy (non-hydrogen) atoms. The summed E-state index contributed by atoms with van der Waals surface area (Å²) in [4.78, 5) is 0. The number of nitrogens with zero attached hydrogens (tertiary/aromatic N) is 1. The molecule has 0 radical (unpaired) electrons. The van der Waals surface area contributed by atoms with Crippen molar-refractivity contribution in [3.63, 3.8) is 0 Å². The summed E-state index contributed by atoms with van der Waals surface area (Å²) in [5.41, 5.74) is 2.87. The molecule has 0 bridgehead atoms. The molecule has 1 aliphatic rings. The molecule has 0 aliphatic carbocycles. The van der Waals surface area contributed by atoms with Crippen molar-refractivity contribution < 1.29 is 0 Å². The first-order chi connectivity index (χ1) is 6.95. The topological polar surface area (TPSA) is 3.01 Å². The van der Waals surface area contributed by atoms with Gasteiger partial charge in [-0.15, -0.1) is 0 Å². The molecule has 0 unspecified atom stereocenters. The van der Waals surface area contributed by atoms with Gasteiger partial charge in [0.1, 0.15) is 0 Å². The summed E-state index contributed by atoms with van der Waals surface area (Å²) in [6, 6.07) is 8.69. The minimum Gasteiger partial charge on any atom is -0.174 e. The van der Waals surface area contributed by atoms with Crippen molar-refractivity contribution in [3.8, 4) is 0 Å². The predicted octanol–water partition coefficient (Wildman–Crippen LogP) is 2.47. The monoisotopic (exact) mass is 220 g/mol. The van der Waals surface area contributed by atoms with Gasteiger partial charge in [-0.05, 0) is 0 Å². The fraction of sp³-hybridized carbons (Fsp3) is 0.182. The molecule has 3 rings (SSSR count). The van der Waals surface area contributed by atoms with E-state index in [-0.39, 0.29) is 0 Å². The molecule has 1 aromatic heterocycles. The molecule has 0 fully saturated rings.